The van der Waals surface area contributed by atoms with E-state index in [0.29, 0.717) is 31.0 Å². The average molecular weight is 337 g/mol. The van der Waals surface area contributed by atoms with Gasteiger partial charge in [-0.25, -0.2) is 9.50 Å². The van der Waals surface area contributed by atoms with Crippen LogP contribution >= 0.6 is 12.4 Å². The predicted molar refractivity (Wildman–Crippen MR) is 83.6 cm³/mol. The predicted octanol–water partition coefficient (Wildman–Crippen LogP) is 1.01. The summed E-state index contributed by atoms with van der Waals surface area (Å²) in [5.74, 6) is -0.396. The van der Waals surface area contributed by atoms with Crippen molar-refractivity contribution in [2.75, 3.05) is 19.7 Å². The van der Waals surface area contributed by atoms with Crippen LogP contribution in [0, 0.1) is 25.7 Å². The first-order chi connectivity index (χ1) is 10.5. The van der Waals surface area contributed by atoms with Gasteiger partial charge in [-0.15, -0.1) is 12.4 Å². The minimum absolute atomic E-state index is 0. The van der Waals surface area contributed by atoms with Crippen LogP contribution in [0.1, 0.15) is 21.9 Å². The smallest absolute Gasteiger partial charge is 0.311 e. The summed E-state index contributed by atoms with van der Waals surface area (Å²) in [6.45, 7) is 5.22. The monoisotopic (exact) mass is 336 g/mol. The van der Waals surface area contributed by atoms with Gasteiger partial charge < -0.3 is 9.64 Å². The lowest BCUT2D eigenvalue weighted by Gasteiger charge is -2.15. The van der Waals surface area contributed by atoms with Gasteiger partial charge in [0.1, 0.15) is 0 Å². The lowest BCUT2D eigenvalue weighted by molar-refractivity contribution is -0.141. The highest BCUT2D eigenvalue weighted by Gasteiger charge is 2.45. The Labute approximate surface area is 139 Å². The van der Waals surface area contributed by atoms with Gasteiger partial charge in [0.05, 0.1) is 12.5 Å². The Kier molecular flexibility index (Phi) is 3.75. The minimum atomic E-state index is -0.191. The number of likely N-dealkylation sites (tertiary alicyclic amines) is 1. The molecule has 0 bridgehead atoms. The summed E-state index contributed by atoms with van der Waals surface area (Å²) in [6, 6.07) is 3.62. The first-order valence-corrected chi connectivity index (χ1v) is 7.33. The Morgan fingerprint density at radius 1 is 1.30 bits per heavy atom. The van der Waals surface area contributed by atoms with E-state index in [4.69, 9.17) is 4.74 Å². The van der Waals surface area contributed by atoms with Crippen LogP contribution in [0.3, 0.4) is 0 Å². The molecule has 2 fully saturated rings. The maximum absolute atomic E-state index is 12.6. The van der Waals surface area contributed by atoms with Crippen molar-refractivity contribution in [1.29, 1.82) is 0 Å². The highest BCUT2D eigenvalue weighted by molar-refractivity contribution is 5.94. The van der Waals surface area contributed by atoms with Crippen molar-refractivity contribution in [2.45, 2.75) is 13.8 Å². The maximum atomic E-state index is 12.6. The molecule has 1 amide bonds. The number of aromatic nitrogens is 3. The van der Waals surface area contributed by atoms with Gasteiger partial charge in [0.25, 0.3) is 5.91 Å². The number of hydrogen-bond acceptors (Lipinski definition) is 5. The molecule has 4 heterocycles. The van der Waals surface area contributed by atoms with Gasteiger partial charge in [-0.05, 0) is 19.9 Å². The van der Waals surface area contributed by atoms with E-state index in [0.717, 1.165) is 11.4 Å². The molecule has 0 aromatic carbocycles. The van der Waals surface area contributed by atoms with E-state index in [9.17, 15) is 9.59 Å². The van der Waals surface area contributed by atoms with Crippen molar-refractivity contribution < 1.29 is 14.3 Å². The van der Waals surface area contributed by atoms with E-state index in [1.807, 2.05) is 19.9 Å². The van der Waals surface area contributed by atoms with E-state index < -0.39 is 0 Å². The molecular weight excluding hydrogens is 320 g/mol. The molecule has 0 radical (unpaired) electrons. The Hall–Kier alpha value is -2.15. The molecule has 8 heteroatoms. The van der Waals surface area contributed by atoms with Crippen LogP contribution in [0.2, 0.25) is 0 Å². The van der Waals surface area contributed by atoms with E-state index in [1.165, 1.54) is 0 Å². The van der Waals surface area contributed by atoms with Gasteiger partial charge in [0, 0.05) is 36.5 Å². The van der Waals surface area contributed by atoms with Crippen molar-refractivity contribution in [3.8, 4) is 0 Å². The third-order valence-electron chi connectivity index (χ3n) is 4.42. The minimum Gasteiger partial charge on any atom is -0.465 e. The molecule has 0 unspecified atom stereocenters. The number of cyclic esters (lactones) is 1. The molecule has 2 saturated heterocycles. The second kappa shape index (κ2) is 5.49. The molecule has 2 aromatic rings. The summed E-state index contributed by atoms with van der Waals surface area (Å²) < 4.78 is 6.70. The molecule has 122 valence electrons. The van der Waals surface area contributed by atoms with Crippen molar-refractivity contribution in [3.05, 3.63) is 29.2 Å². The third-order valence-corrected chi connectivity index (χ3v) is 4.42. The van der Waals surface area contributed by atoms with Crippen LogP contribution < -0.4 is 0 Å². The number of carbonyl (C=O) groups is 2. The molecule has 2 aliphatic rings. The number of ether oxygens (including phenoxy) is 1. The normalized spacial score (nSPS) is 22.9. The van der Waals surface area contributed by atoms with Gasteiger partial charge in [0.15, 0.2) is 11.3 Å². The number of esters is 1. The lowest BCUT2D eigenvalue weighted by atomic mass is 10.0. The fourth-order valence-electron chi connectivity index (χ4n) is 3.32. The summed E-state index contributed by atoms with van der Waals surface area (Å²) in [4.78, 5) is 30.3. The first kappa shape index (κ1) is 15.7. The van der Waals surface area contributed by atoms with Crippen LogP contribution in [0.15, 0.2) is 12.1 Å². The maximum Gasteiger partial charge on any atom is 0.311 e. The SMILES string of the molecule is Cc1cc(C)n2nc(C(=O)N3C[C@@H]4COC(=O)[C@@H]4C3)cc2n1.Cl. The molecule has 0 saturated carbocycles. The fraction of sp³-hybridized carbons (Fsp3) is 0.467. The molecule has 0 aliphatic carbocycles. The quantitative estimate of drug-likeness (QED) is 0.726. The zero-order valence-corrected chi connectivity index (χ0v) is 13.7. The Balaban J connectivity index is 0.00000156. The molecule has 0 spiro atoms. The zero-order valence-electron chi connectivity index (χ0n) is 12.9. The van der Waals surface area contributed by atoms with Crippen LogP contribution in [0.25, 0.3) is 5.65 Å². The molecular formula is C15H17ClN4O3. The zero-order chi connectivity index (χ0) is 15.4. The summed E-state index contributed by atoms with van der Waals surface area (Å²) in [5, 5.41) is 4.36. The number of aryl methyl sites for hydroxylation is 2. The first-order valence-electron chi connectivity index (χ1n) is 7.33. The Morgan fingerprint density at radius 2 is 2.09 bits per heavy atom. The average Bonchev–Trinajstić information content (AvgIpc) is 3.14. The summed E-state index contributed by atoms with van der Waals surface area (Å²) in [6.07, 6.45) is 0. The molecule has 2 aromatic heterocycles. The topological polar surface area (TPSA) is 76.8 Å². The standard InChI is InChI=1S/C15H16N4O3.ClH/c1-8-3-9(2)19-13(16-8)4-12(17-19)14(20)18-5-10-7-22-15(21)11(10)6-18;/h3-4,10-11H,5-7H2,1-2H3;1H/t10-,11-;/m1./s1. The summed E-state index contributed by atoms with van der Waals surface area (Å²) >= 11 is 0. The second-order valence-electron chi connectivity index (χ2n) is 6.05. The van der Waals surface area contributed by atoms with E-state index in [1.54, 1.807) is 15.5 Å². The third kappa shape index (κ3) is 2.45. The van der Waals surface area contributed by atoms with Gasteiger partial charge in [-0.1, -0.05) is 0 Å². The number of hydrogen-bond donors (Lipinski definition) is 0. The number of carbonyl (C=O) groups excluding carboxylic acids is 2. The van der Waals surface area contributed by atoms with Crippen molar-refractivity contribution in [3.63, 3.8) is 0 Å². The van der Waals surface area contributed by atoms with E-state index in [2.05, 4.69) is 10.1 Å². The van der Waals surface area contributed by atoms with Crippen LogP contribution in [-0.2, 0) is 9.53 Å². The Morgan fingerprint density at radius 3 is 2.83 bits per heavy atom. The highest BCUT2D eigenvalue weighted by atomic mass is 35.5. The highest BCUT2D eigenvalue weighted by Crippen LogP contribution is 2.31. The number of halogens is 1. The number of amides is 1. The van der Waals surface area contributed by atoms with Gasteiger partial charge >= 0.3 is 5.97 Å². The molecule has 2 aliphatic heterocycles. The second-order valence-corrected chi connectivity index (χ2v) is 6.05. The number of nitrogens with zero attached hydrogens (tertiary/aromatic N) is 4. The van der Waals surface area contributed by atoms with Crippen LogP contribution in [-0.4, -0.2) is 51.1 Å². The molecule has 4 rings (SSSR count). The summed E-state index contributed by atoms with van der Waals surface area (Å²) in [5.41, 5.74) is 2.86. The number of rotatable bonds is 1. The fourth-order valence-corrected chi connectivity index (χ4v) is 3.32. The van der Waals surface area contributed by atoms with Crippen molar-refractivity contribution in [2.24, 2.45) is 11.8 Å². The van der Waals surface area contributed by atoms with Crippen molar-refractivity contribution >= 4 is 29.9 Å². The molecule has 0 N–H and O–H groups in total. The largest absolute Gasteiger partial charge is 0.465 e. The molecule has 2 atom stereocenters. The van der Waals surface area contributed by atoms with Gasteiger partial charge in [-0.3, -0.25) is 9.59 Å². The van der Waals surface area contributed by atoms with E-state index >= 15 is 0 Å². The Bertz CT molecular complexity index is 803. The summed E-state index contributed by atoms with van der Waals surface area (Å²) in [7, 11) is 0. The van der Waals surface area contributed by atoms with Gasteiger partial charge in [0.2, 0.25) is 0 Å². The van der Waals surface area contributed by atoms with Crippen LogP contribution in [0.5, 0.6) is 0 Å². The lowest BCUT2D eigenvalue weighted by Crippen LogP contribution is -2.31. The molecule has 7 nitrogen and oxygen atoms in total. The van der Waals surface area contributed by atoms with Crippen molar-refractivity contribution in [1.82, 2.24) is 19.5 Å². The van der Waals surface area contributed by atoms with E-state index in [-0.39, 0.29) is 36.1 Å². The molecule has 23 heavy (non-hydrogen) atoms. The van der Waals surface area contributed by atoms with Crippen LogP contribution in [0.4, 0.5) is 0 Å². The number of fused-ring (bicyclic) bond motifs is 2. The van der Waals surface area contributed by atoms with Gasteiger partial charge in [-0.2, -0.15) is 5.10 Å².